The molecule has 0 bridgehead atoms. The van der Waals surface area contributed by atoms with E-state index in [-0.39, 0.29) is 17.2 Å². The Kier molecular flexibility index (Phi) is 5.11. The van der Waals surface area contributed by atoms with Gasteiger partial charge in [-0.05, 0) is 35.7 Å². The first-order valence-corrected chi connectivity index (χ1v) is 7.45. The number of amides is 2. The molecule has 0 atom stereocenters. The van der Waals surface area contributed by atoms with Crippen LogP contribution in [0.2, 0.25) is 0 Å². The fraction of sp³-hybridized carbons (Fsp3) is 0.278. The Balaban J connectivity index is 2.02. The molecule has 120 valence electrons. The van der Waals surface area contributed by atoms with Gasteiger partial charge in [0.15, 0.2) is 0 Å². The SMILES string of the molecule is CC(C)(C)CC(=O)Nc1cccc(NC(=O)c2ccncc2)c1. The van der Waals surface area contributed by atoms with E-state index in [4.69, 9.17) is 0 Å². The standard InChI is InChI=1S/C18H21N3O2/c1-18(2,3)12-16(22)20-14-5-4-6-15(11-14)21-17(23)13-7-9-19-10-8-13/h4-11H,12H2,1-3H3,(H,20,22)(H,21,23). The van der Waals surface area contributed by atoms with Gasteiger partial charge < -0.3 is 10.6 Å². The molecule has 2 N–H and O–H groups in total. The molecule has 0 unspecified atom stereocenters. The summed E-state index contributed by atoms with van der Waals surface area (Å²) in [5.74, 6) is -0.263. The second-order valence-corrected chi connectivity index (χ2v) is 6.56. The second kappa shape index (κ2) is 7.05. The molecule has 2 amide bonds. The third kappa shape index (κ3) is 5.54. The van der Waals surface area contributed by atoms with E-state index in [2.05, 4.69) is 15.6 Å². The van der Waals surface area contributed by atoms with E-state index >= 15 is 0 Å². The Hall–Kier alpha value is -2.69. The van der Waals surface area contributed by atoms with Crippen LogP contribution < -0.4 is 10.6 Å². The normalized spacial score (nSPS) is 10.9. The number of hydrogen-bond acceptors (Lipinski definition) is 3. The number of pyridine rings is 1. The Bertz CT molecular complexity index is 691. The highest BCUT2D eigenvalue weighted by Gasteiger charge is 2.16. The molecule has 1 aromatic heterocycles. The van der Waals surface area contributed by atoms with Gasteiger partial charge in [0.05, 0.1) is 0 Å². The second-order valence-electron chi connectivity index (χ2n) is 6.56. The van der Waals surface area contributed by atoms with Gasteiger partial charge in [-0.15, -0.1) is 0 Å². The van der Waals surface area contributed by atoms with Crippen molar-refractivity contribution in [2.45, 2.75) is 27.2 Å². The lowest BCUT2D eigenvalue weighted by Crippen LogP contribution is -2.19. The zero-order valence-corrected chi connectivity index (χ0v) is 13.6. The van der Waals surface area contributed by atoms with E-state index in [1.54, 1.807) is 48.8 Å². The first kappa shape index (κ1) is 16.7. The molecule has 5 nitrogen and oxygen atoms in total. The summed E-state index contributed by atoms with van der Waals surface area (Å²) < 4.78 is 0. The topological polar surface area (TPSA) is 71.1 Å². The molecular formula is C18H21N3O2. The van der Waals surface area contributed by atoms with E-state index in [1.165, 1.54) is 0 Å². The van der Waals surface area contributed by atoms with Crippen LogP contribution in [0.5, 0.6) is 0 Å². The van der Waals surface area contributed by atoms with Gasteiger partial charge in [-0.25, -0.2) is 0 Å². The van der Waals surface area contributed by atoms with Gasteiger partial charge in [0.25, 0.3) is 5.91 Å². The van der Waals surface area contributed by atoms with Crippen molar-refractivity contribution in [3.05, 3.63) is 54.4 Å². The molecule has 0 aliphatic rings. The number of rotatable bonds is 4. The summed E-state index contributed by atoms with van der Waals surface area (Å²) in [6.07, 6.45) is 3.57. The highest BCUT2D eigenvalue weighted by atomic mass is 16.2. The van der Waals surface area contributed by atoms with Crippen LogP contribution in [-0.4, -0.2) is 16.8 Å². The fourth-order valence-corrected chi connectivity index (χ4v) is 2.07. The summed E-state index contributed by atoms with van der Waals surface area (Å²) in [5, 5.41) is 5.65. The number of benzene rings is 1. The van der Waals surface area contributed by atoms with Gasteiger partial charge in [-0.3, -0.25) is 14.6 Å². The average Bonchev–Trinajstić information content (AvgIpc) is 2.46. The quantitative estimate of drug-likeness (QED) is 0.904. The average molecular weight is 311 g/mol. The van der Waals surface area contributed by atoms with E-state index in [0.29, 0.717) is 23.4 Å². The van der Waals surface area contributed by atoms with E-state index in [1.807, 2.05) is 20.8 Å². The first-order chi connectivity index (χ1) is 10.8. The molecule has 0 fully saturated rings. The van der Waals surface area contributed by atoms with Crippen molar-refractivity contribution in [1.29, 1.82) is 0 Å². The molecule has 0 saturated heterocycles. The number of nitrogens with zero attached hydrogens (tertiary/aromatic N) is 1. The van der Waals surface area contributed by atoms with Crippen molar-refractivity contribution in [3.63, 3.8) is 0 Å². The summed E-state index contributed by atoms with van der Waals surface area (Å²) in [5.41, 5.74) is 1.74. The third-order valence-corrected chi connectivity index (χ3v) is 3.04. The third-order valence-electron chi connectivity index (χ3n) is 3.04. The molecule has 5 heteroatoms. The van der Waals surface area contributed by atoms with Crippen LogP contribution in [0.15, 0.2) is 48.8 Å². The molecule has 2 rings (SSSR count). The van der Waals surface area contributed by atoms with Gasteiger partial charge in [-0.2, -0.15) is 0 Å². The molecule has 1 heterocycles. The van der Waals surface area contributed by atoms with Crippen LogP contribution in [0.25, 0.3) is 0 Å². The van der Waals surface area contributed by atoms with Gasteiger partial charge in [0.2, 0.25) is 5.91 Å². The van der Waals surface area contributed by atoms with Crippen LogP contribution in [0.3, 0.4) is 0 Å². The fourth-order valence-electron chi connectivity index (χ4n) is 2.07. The molecule has 2 aromatic rings. The molecule has 0 radical (unpaired) electrons. The molecule has 0 spiro atoms. The van der Waals surface area contributed by atoms with Crippen LogP contribution in [0.4, 0.5) is 11.4 Å². The van der Waals surface area contributed by atoms with Gasteiger partial charge in [-0.1, -0.05) is 26.8 Å². The zero-order valence-electron chi connectivity index (χ0n) is 13.6. The van der Waals surface area contributed by atoms with Crippen LogP contribution in [-0.2, 0) is 4.79 Å². The van der Waals surface area contributed by atoms with Crippen molar-refractivity contribution < 1.29 is 9.59 Å². The number of anilines is 2. The maximum absolute atomic E-state index is 12.1. The number of carbonyl (C=O) groups is 2. The summed E-state index contributed by atoms with van der Waals surface area (Å²) in [4.78, 5) is 28.0. The molecule has 0 aliphatic heterocycles. The first-order valence-electron chi connectivity index (χ1n) is 7.45. The Morgan fingerprint density at radius 2 is 1.61 bits per heavy atom. The van der Waals surface area contributed by atoms with Crippen LogP contribution >= 0.6 is 0 Å². The summed E-state index contributed by atoms with van der Waals surface area (Å²) in [6, 6.07) is 10.4. The maximum Gasteiger partial charge on any atom is 0.255 e. The smallest absolute Gasteiger partial charge is 0.255 e. The van der Waals surface area contributed by atoms with Gasteiger partial charge >= 0.3 is 0 Å². The monoisotopic (exact) mass is 311 g/mol. The van der Waals surface area contributed by atoms with Crippen molar-refractivity contribution in [2.75, 3.05) is 10.6 Å². The minimum Gasteiger partial charge on any atom is -0.326 e. The lowest BCUT2D eigenvalue weighted by molar-refractivity contribution is -0.117. The minimum atomic E-state index is -0.217. The maximum atomic E-state index is 12.1. The molecule has 1 aromatic carbocycles. The number of aromatic nitrogens is 1. The predicted molar refractivity (Wildman–Crippen MR) is 91.3 cm³/mol. The Morgan fingerprint density at radius 1 is 1.00 bits per heavy atom. The zero-order chi connectivity index (χ0) is 16.9. The summed E-state index contributed by atoms with van der Waals surface area (Å²) in [7, 11) is 0. The highest BCUT2D eigenvalue weighted by Crippen LogP contribution is 2.21. The van der Waals surface area contributed by atoms with Gasteiger partial charge in [0.1, 0.15) is 0 Å². The molecule has 0 aliphatic carbocycles. The Morgan fingerprint density at radius 3 is 2.22 bits per heavy atom. The van der Waals surface area contributed by atoms with E-state index in [0.717, 1.165) is 0 Å². The van der Waals surface area contributed by atoms with Crippen molar-refractivity contribution in [2.24, 2.45) is 5.41 Å². The van der Waals surface area contributed by atoms with Crippen LogP contribution in [0, 0.1) is 5.41 Å². The predicted octanol–water partition coefficient (Wildman–Crippen LogP) is 3.71. The lowest BCUT2D eigenvalue weighted by atomic mass is 9.92. The largest absolute Gasteiger partial charge is 0.326 e. The van der Waals surface area contributed by atoms with E-state index < -0.39 is 0 Å². The minimum absolute atomic E-state index is 0.0462. The molecular weight excluding hydrogens is 290 g/mol. The Labute approximate surface area is 136 Å². The molecule has 23 heavy (non-hydrogen) atoms. The van der Waals surface area contributed by atoms with Gasteiger partial charge in [0, 0.05) is 35.8 Å². The highest BCUT2D eigenvalue weighted by molar-refractivity contribution is 6.04. The number of hydrogen-bond donors (Lipinski definition) is 2. The van der Waals surface area contributed by atoms with Crippen LogP contribution in [0.1, 0.15) is 37.6 Å². The van der Waals surface area contributed by atoms with Crippen molar-refractivity contribution >= 4 is 23.2 Å². The number of carbonyl (C=O) groups excluding carboxylic acids is 2. The van der Waals surface area contributed by atoms with Crippen molar-refractivity contribution in [1.82, 2.24) is 4.98 Å². The van der Waals surface area contributed by atoms with Crippen molar-refractivity contribution in [3.8, 4) is 0 Å². The lowest BCUT2D eigenvalue weighted by Gasteiger charge is -2.17. The summed E-state index contributed by atoms with van der Waals surface area (Å²) in [6.45, 7) is 6.04. The molecule has 0 saturated carbocycles. The van der Waals surface area contributed by atoms with E-state index in [9.17, 15) is 9.59 Å². The summed E-state index contributed by atoms with van der Waals surface area (Å²) >= 11 is 0. The number of nitrogens with one attached hydrogen (secondary N) is 2.